The SMILES string of the molecule is CCOC(=O)C[C@H](NC(=O)CC(c1ccccc1)(c1ccccc1)c1ccccc1)C(=O)O. The number of carboxylic acid groups (broad SMARTS) is 1. The van der Waals surface area contributed by atoms with Crippen molar-refractivity contribution in [1.29, 1.82) is 0 Å². The first-order valence-corrected chi connectivity index (χ1v) is 10.8. The number of hydrogen-bond donors (Lipinski definition) is 2. The third-order valence-electron chi connectivity index (χ3n) is 5.53. The topological polar surface area (TPSA) is 92.7 Å². The van der Waals surface area contributed by atoms with Crippen molar-refractivity contribution in [2.24, 2.45) is 0 Å². The molecule has 0 unspecified atom stereocenters. The zero-order valence-corrected chi connectivity index (χ0v) is 18.4. The van der Waals surface area contributed by atoms with Gasteiger partial charge in [-0.1, -0.05) is 91.0 Å². The summed E-state index contributed by atoms with van der Waals surface area (Å²) in [4.78, 5) is 36.9. The van der Waals surface area contributed by atoms with Gasteiger partial charge in [0.1, 0.15) is 6.04 Å². The zero-order chi connectivity index (χ0) is 23.7. The first kappa shape index (κ1) is 23.7. The third-order valence-corrected chi connectivity index (χ3v) is 5.53. The van der Waals surface area contributed by atoms with Gasteiger partial charge < -0.3 is 15.2 Å². The van der Waals surface area contributed by atoms with Gasteiger partial charge in [0.2, 0.25) is 5.91 Å². The number of carboxylic acids is 1. The molecule has 6 heteroatoms. The maximum atomic E-state index is 13.3. The minimum absolute atomic E-state index is 0.0440. The Kier molecular flexibility index (Phi) is 7.97. The molecule has 3 aromatic carbocycles. The van der Waals surface area contributed by atoms with Crippen LogP contribution in [0.4, 0.5) is 0 Å². The Hall–Kier alpha value is -3.93. The van der Waals surface area contributed by atoms with Crippen molar-refractivity contribution in [3.63, 3.8) is 0 Å². The highest BCUT2D eigenvalue weighted by atomic mass is 16.5. The van der Waals surface area contributed by atoms with Gasteiger partial charge >= 0.3 is 11.9 Å². The van der Waals surface area contributed by atoms with Crippen molar-refractivity contribution >= 4 is 17.8 Å². The van der Waals surface area contributed by atoms with Crippen LogP contribution in [0.15, 0.2) is 91.0 Å². The molecule has 0 aromatic heterocycles. The minimum Gasteiger partial charge on any atom is -0.480 e. The lowest BCUT2D eigenvalue weighted by atomic mass is 9.67. The summed E-state index contributed by atoms with van der Waals surface area (Å²) in [6.07, 6.45) is -0.485. The van der Waals surface area contributed by atoms with Crippen molar-refractivity contribution in [3.8, 4) is 0 Å². The Morgan fingerprint density at radius 1 is 0.818 bits per heavy atom. The quantitative estimate of drug-likeness (QED) is 0.364. The number of aliphatic carboxylic acids is 1. The lowest BCUT2D eigenvalue weighted by Gasteiger charge is -2.36. The molecule has 33 heavy (non-hydrogen) atoms. The normalized spacial score (nSPS) is 11.9. The second kappa shape index (κ2) is 11.1. The van der Waals surface area contributed by atoms with Crippen LogP contribution in [-0.4, -0.2) is 35.6 Å². The van der Waals surface area contributed by atoms with Crippen molar-refractivity contribution in [2.45, 2.75) is 31.2 Å². The Balaban J connectivity index is 2.04. The summed E-state index contributed by atoms with van der Waals surface area (Å²) in [7, 11) is 0. The van der Waals surface area contributed by atoms with Crippen molar-refractivity contribution in [2.75, 3.05) is 6.61 Å². The van der Waals surface area contributed by atoms with Crippen molar-refractivity contribution in [1.82, 2.24) is 5.32 Å². The molecule has 0 saturated heterocycles. The summed E-state index contributed by atoms with van der Waals surface area (Å²) in [6, 6.07) is 27.6. The van der Waals surface area contributed by atoms with E-state index in [9.17, 15) is 19.5 Å². The monoisotopic (exact) mass is 445 g/mol. The van der Waals surface area contributed by atoms with Crippen LogP contribution < -0.4 is 5.32 Å². The maximum Gasteiger partial charge on any atom is 0.326 e. The molecule has 0 aliphatic rings. The molecule has 0 saturated carbocycles. The van der Waals surface area contributed by atoms with Gasteiger partial charge in [0.25, 0.3) is 0 Å². The van der Waals surface area contributed by atoms with Crippen molar-refractivity contribution < 1.29 is 24.2 Å². The zero-order valence-electron chi connectivity index (χ0n) is 18.4. The van der Waals surface area contributed by atoms with E-state index in [0.717, 1.165) is 16.7 Å². The molecular weight excluding hydrogens is 418 g/mol. The number of carbonyl (C=O) groups is 3. The van der Waals surface area contributed by atoms with E-state index in [-0.39, 0.29) is 13.0 Å². The first-order valence-electron chi connectivity index (χ1n) is 10.8. The van der Waals surface area contributed by atoms with Crippen LogP contribution >= 0.6 is 0 Å². The number of hydrogen-bond acceptors (Lipinski definition) is 4. The summed E-state index contributed by atoms with van der Waals surface area (Å²) in [5, 5.41) is 12.1. The van der Waals surface area contributed by atoms with Crippen LogP contribution in [-0.2, 0) is 24.5 Å². The highest BCUT2D eigenvalue weighted by molar-refractivity contribution is 5.88. The molecule has 1 atom stereocenters. The van der Waals surface area contributed by atoms with E-state index >= 15 is 0 Å². The fourth-order valence-corrected chi connectivity index (χ4v) is 4.05. The highest BCUT2D eigenvalue weighted by Gasteiger charge is 2.39. The van der Waals surface area contributed by atoms with Gasteiger partial charge in [-0.2, -0.15) is 0 Å². The van der Waals surface area contributed by atoms with E-state index in [1.54, 1.807) is 6.92 Å². The number of benzene rings is 3. The van der Waals surface area contributed by atoms with E-state index in [1.165, 1.54) is 0 Å². The lowest BCUT2D eigenvalue weighted by molar-refractivity contribution is -0.150. The molecule has 6 nitrogen and oxygen atoms in total. The Morgan fingerprint density at radius 3 is 1.61 bits per heavy atom. The largest absolute Gasteiger partial charge is 0.480 e. The Labute approximate surface area is 193 Å². The number of amides is 1. The summed E-state index contributed by atoms with van der Waals surface area (Å²) in [6.45, 7) is 1.78. The third kappa shape index (κ3) is 5.66. The van der Waals surface area contributed by atoms with Gasteiger partial charge in [0.15, 0.2) is 0 Å². The average molecular weight is 446 g/mol. The predicted octanol–water partition coefficient (Wildman–Crippen LogP) is 3.93. The number of nitrogens with one attached hydrogen (secondary N) is 1. The van der Waals surface area contributed by atoms with E-state index in [2.05, 4.69) is 5.32 Å². The number of rotatable bonds is 10. The van der Waals surface area contributed by atoms with Crippen LogP contribution in [0.5, 0.6) is 0 Å². The van der Waals surface area contributed by atoms with E-state index < -0.39 is 35.7 Å². The van der Waals surface area contributed by atoms with Gasteiger partial charge in [0, 0.05) is 6.42 Å². The molecule has 0 bridgehead atoms. The summed E-state index contributed by atoms with van der Waals surface area (Å²) < 4.78 is 4.86. The second-order valence-corrected chi connectivity index (χ2v) is 7.65. The van der Waals surface area contributed by atoms with Crippen LogP contribution in [0.1, 0.15) is 36.5 Å². The summed E-state index contributed by atoms with van der Waals surface area (Å²) in [5.74, 6) is -2.45. The second-order valence-electron chi connectivity index (χ2n) is 7.65. The van der Waals surface area contributed by atoms with Gasteiger partial charge in [-0.15, -0.1) is 0 Å². The Bertz CT molecular complexity index is 971. The lowest BCUT2D eigenvalue weighted by Crippen LogP contribution is -2.45. The summed E-state index contributed by atoms with van der Waals surface area (Å²) in [5.41, 5.74) is 1.83. The van der Waals surface area contributed by atoms with Crippen LogP contribution in [0.25, 0.3) is 0 Å². The molecular formula is C27H27NO5. The van der Waals surface area contributed by atoms with E-state index in [4.69, 9.17) is 4.74 Å². The molecule has 0 spiro atoms. The molecule has 3 rings (SSSR count). The van der Waals surface area contributed by atoms with Gasteiger partial charge in [-0.05, 0) is 23.6 Å². The molecule has 0 heterocycles. The molecule has 1 amide bonds. The number of esters is 1. The molecule has 3 aromatic rings. The van der Waals surface area contributed by atoms with Crippen LogP contribution in [0, 0.1) is 0 Å². The van der Waals surface area contributed by atoms with E-state index in [1.807, 2.05) is 91.0 Å². The van der Waals surface area contributed by atoms with E-state index in [0.29, 0.717) is 0 Å². The highest BCUT2D eigenvalue weighted by Crippen LogP contribution is 2.42. The fraction of sp³-hybridized carbons (Fsp3) is 0.222. The minimum atomic E-state index is -1.38. The molecule has 2 N–H and O–H groups in total. The van der Waals surface area contributed by atoms with Gasteiger partial charge in [-0.25, -0.2) is 4.79 Å². The molecule has 0 aliphatic heterocycles. The average Bonchev–Trinajstić information content (AvgIpc) is 2.84. The molecule has 0 aliphatic carbocycles. The smallest absolute Gasteiger partial charge is 0.326 e. The fourth-order valence-electron chi connectivity index (χ4n) is 4.05. The Morgan fingerprint density at radius 2 is 1.24 bits per heavy atom. The van der Waals surface area contributed by atoms with Gasteiger partial charge in [0.05, 0.1) is 18.4 Å². The number of ether oxygens (including phenoxy) is 1. The number of carbonyl (C=O) groups excluding carboxylic acids is 2. The van der Waals surface area contributed by atoms with Crippen LogP contribution in [0.2, 0.25) is 0 Å². The van der Waals surface area contributed by atoms with Crippen LogP contribution in [0.3, 0.4) is 0 Å². The molecule has 0 fully saturated rings. The molecule has 0 radical (unpaired) electrons. The van der Waals surface area contributed by atoms with Crippen molar-refractivity contribution in [3.05, 3.63) is 108 Å². The van der Waals surface area contributed by atoms with Gasteiger partial charge in [-0.3, -0.25) is 9.59 Å². The standard InChI is InChI=1S/C27H27NO5/c1-2-33-25(30)18-23(26(31)32)28-24(29)19-27(20-12-6-3-7-13-20,21-14-8-4-9-15-21)22-16-10-5-11-17-22/h3-17,23H,2,18-19H2,1H3,(H,28,29)(H,31,32)/t23-/m0/s1. The first-order chi connectivity index (χ1) is 16.0. The summed E-state index contributed by atoms with van der Waals surface area (Å²) >= 11 is 0. The predicted molar refractivity (Wildman–Crippen MR) is 125 cm³/mol. The maximum absolute atomic E-state index is 13.3. The molecule has 170 valence electrons.